The summed E-state index contributed by atoms with van der Waals surface area (Å²) in [7, 11) is 0. The normalized spacial score (nSPS) is 17.5. The molecule has 0 saturated carbocycles. The summed E-state index contributed by atoms with van der Waals surface area (Å²) in [6.45, 7) is 2.38. The van der Waals surface area contributed by atoms with E-state index in [4.69, 9.17) is 4.74 Å². The number of carbonyl (C=O) groups excluding carboxylic acids is 2. The van der Waals surface area contributed by atoms with Crippen LogP contribution in [-0.2, 0) is 9.53 Å². The Labute approximate surface area is 151 Å². The molecule has 5 nitrogen and oxygen atoms in total. The van der Waals surface area contributed by atoms with Crippen LogP contribution in [-0.4, -0.2) is 24.5 Å². The van der Waals surface area contributed by atoms with Crippen molar-refractivity contribution in [3.8, 4) is 0 Å². The summed E-state index contributed by atoms with van der Waals surface area (Å²) in [5.74, 6) is -0.842. The molecule has 1 saturated heterocycles. The molecule has 0 aromatic heterocycles. The standard InChI is InChI=1S/C20H21FN2O3/c1-13(14-5-2-7-16(21)11-14)22-19(24)15-6-3-8-17(12-15)23-20(25)18-9-4-10-26-18/h2-3,5-8,11-13,18H,4,9-10H2,1H3,(H,22,24)(H,23,25). The smallest absolute Gasteiger partial charge is 0.253 e. The number of anilines is 1. The fourth-order valence-corrected chi connectivity index (χ4v) is 2.88. The molecule has 0 aliphatic carbocycles. The minimum atomic E-state index is -0.430. The molecule has 136 valence electrons. The fraction of sp³-hybridized carbons (Fsp3) is 0.300. The summed E-state index contributed by atoms with van der Waals surface area (Å²) >= 11 is 0. The van der Waals surface area contributed by atoms with Gasteiger partial charge in [0.1, 0.15) is 11.9 Å². The van der Waals surface area contributed by atoms with E-state index in [1.54, 1.807) is 43.3 Å². The van der Waals surface area contributed by atoms with Gasteiger partial charge in [0.15, 0.2) is 0 Å². The fourth-order valence-electron chi connectivity index (χ4n) is 2.88. The molecule has 2 aromatic rings. The Kier molecular flexibility index (Phi) is 5.63. The van der Waals surface area contributed by atoms with Crippen molar-refractivity contribution in [2.75, 3.05) is 11.9 Å². The molecule has 2 N–H and O–H groups in total. The van der Waals surface area contributed by atoms with Crippen LogP contribution in [0.15, 0.2) is 48.5 Å². The lowest BCUT2D eigenvalue weighted by Crippen LogP contribution is -2.28. The van der Waals surface area contributed by atoms with Gasteiger partial charge >= 0.3 is 0 Å². The van der Waals surface area contributed by atoms with Gasteiger partial charge in [0, 0.05) is 17.9 Å². The molecule has 1 aliphatic heterocycles. The third-order valence-electron chi connectivity index (χ3n) is 4.31. The van der Waals surface area contributed by atoms with Crippen molar-refractivity contribution in [3.63, 3.8) is 0 Å². The van der Waals surface area contributed by atoms with Gasteiger partial charge < -0.3 is 15.4 Å². The molecular formula is C20H21FN2O3. The lowest BCUT2D eigenvalue weighted by Gasteiger charge is -2.15. The van der Waals surface area contributed by atoms with Crippen molar-refractivity contribution in [1.82, 2.24) is 5.32 Å². The first-order valence-corrected chi connectivity index (χ1v) is 8.62. The van der Waals surface area contributed by atoms with Crippen molar-refractivity contribution in [3.05, 3.63) is 65.5 Å². The van der Waals surface area contributed by atoms with E-state index >= 15 is 0 Å². The van der Waals surface area contributed by atoms with Gasteiger partial charge in [0.25, 0.3) is 11.8 Å². The number of nitrogens with one attached hydrogen (secondary N) is 2. The van der Waals surface area contributed by atoms with Gasteiger partial charge in [0.05, 0.1) is 6.04 Å². The molecule has 3 rings (SSSR count). The quantitative estimate of drug-likeness (QED) is 0.862. The molecule has 2 unspecified atom stereocenters. The Morgan fingerprint density at radius 2 is 2.00 bits per heavy atom. The van der Waals surface area contributed by atoms with E-state index in [0.29, 0.717) is 29.8 Å². The summed E-state index contributed by atoms with van der Waals surface area (Å²) in [6, 6.07) is 12.5. The predicted molar refractivity (Wildman–Crippen MR) is 96.3 cm³/mol. The van der Waals surface area contributed by atoms with Gasteiger partial charge in [-0.3, -0.25) is 9.59 Å². The Balaban J connectivity index is 1.65. The monoisotopic (exact) mass is 356 g/mol. The number of ether oxygens (including phenoxy) is 1. The maximum atomic E-state index is 13.3. The number of hydrogen-bond donors (Lipinski definition) is 2. The largest absolute Gasteiger partial charge is 0.368 e. The minimum absolute atomic E-state index is 0.201. The highest BCUT2D eigenvalue weighted by atomic mass is 19.1. The molecule has 1 heterocycles. The molecule has 26 heavy (non-hydrogen) atoms. The predicted octanol–water partition coefficient (Wildman–Crippen LogP) is 3.43. The van der Waals surface area contributed by atoms with Crippen molar-refractivity contribution >= 4 is 17.5 Å². The second kappa shape index (κ2) is 8.10. The first kappa shape index (κ1) is 18.1. The van der Waals surface area contributed by atoms with E-state index in [9.17, 15) is 14.0 Å². The van der Waals surface area contributed by atoms with Crippen LogP contribution in [0.5, 0.6) is 0 Å². The summed E-state index contributed by atoms with van der Waals surface area (Å²) in [5, 5.41) is 5.61. The Hall–Kier alpha value is -2.73. The molecule has 2 amide bonds. The third kappa shape index (κ3) is 4.46. The first-order chi connectivity index (χ1) is 12.5. The topological polar surface area (TPSA) is 67.4 Å². The lowest BCUT2D eigenvalue weighted by atomic mass is 10.1. The molecule has 2 aromatic carbocycles. The number of carbonyl (C=O) groups is 2. The van der Waals surface area contributed by atoms with Gasteiger partial charge in [0.2, 0.25) is 0 Å². The van der Waals surface area contributed by atoms with Crippen LogP contribution in [0.4, 0.5) is 10.1 Å². The zero-order chi connectivity index (χ0) is 18.5. The zero-order valence-corrected chi connectivity index (χ0v) is 14.5. The number of amides is 2. The van der Waals surface area contributed by atoms with Gasteiger partial charge in [-0.15, -0.1) is 0 Å². The van der Waals surface area contributed by atoms with Crippen LogP contribution in [0.3, 0.4) is 0 Å². The van der Waals surface area contributed by atoms with Crippen LogP contribution >= 0.6 is 0 Å². The minimum Gasteiger partial charge on any atom is -0.368 e. The molecule has 1 aliphatic rings. The van der Waals surface area contributed by atoms with Crippen molar-refractivity contribution < 1.29 is 18.7 Å². The van der Waals surface area contributed by atoms with E-state index in [2.05, 4.69) is 10.6 Å². The second-order valence-corrected chi connectivity index (χ2v) is 6.32. The molecular weight excluding hydrogens is 335 g/mol. The molecule has 6 heteroatoms. The molecule has 0 spiro atoms. The Morgan fingerprint density at radius 3 is 2.73 bits per heavy atom. The summed E-state index contributed by atoms with van der Waals surface area (Å²) < 4.78 is 18.7. The summed E-state index contributed by atoms with van der Waals surface area (Å²) in [5.41, 5.74) is 1.64. The van der Waals surface area contributed by atoms with Crippen molar-refractivity contribution in [1.29, 1.82) is 0 Å². The van der Waals surface area contributed by atoms with Crippen LogP contribution < -0.4 is 10.6 Å². The third-order valence-corrected chi connectivity index (χ3v) is 4.31. The van der Waals surface area contributed by atoms with Crippen LogP contribution in [0.2, 0.25) is 0 Å². The average Bonchev–Trinajstić information content (AvgIpc) is 3.16. The molecule has 2 atom stereocenters. The maximum Gasteiger partial charge on any atom is 0.253 e. The van der Waals surface area contributed by atoms with E-state index in [1.165, 1.54) is 12.1 Å². The van der Waals surface area contributed by atoms with E-state index in [1.807, 2.05) is 0 Å². The summed E-state index contributed by atoms with van der Waals surface area (Å²) in [4.78, 5) is 24.6. The van der Waals surface area contributed by atoms with E-state index in [0.717, 1.165) is 6.42 Å². The van der Waals surface area contributed by atoms with Crippen LogP contribution in [0.25, 0.3) is 0 Å². The Bertz CT molecular complexity index is 803. The summed E-state index contributed by atoms with van der Waals surface area (Å²) in [6.07, 6.45) is 1.15. The SMILES string of the molecule is CC(NC(=O)c1cccc(NC(=O)C2CCCO2)c1)c1cccc(F)c1. The van der Waals surface area contributed by atoms with Gasteiger partial charge in [-0.05, 0) is 55.7 Å². The van der Waals surface area contributed by atoms with E-state index in [-0.39, 0.29) is 23.7 Å². The number of halogens is 1. The molecule has 1 fully saturated rings. The van der Waals surface area contributed by atoms with Crippen molar-refractivity contribution in [2.24, 2.45) is 0 Å². The average molecular weight is 356 g/mol. The van der Waals surface area contributed by atoms with Crippen molar-refractivity contribution in [2.45, 2.75) is 31.9 Å². The zero-order valence-electron chi connectivity index (χ0n) is 14.5. The highest BCUT2D eigenvalue weighted by molar-refractivity contribution is 5.98. The highest BCUT2D eigenvalue weighted by Crippen LogP contribution is 2.18. The maximum absolute atomic E-state index is 13.3. The van der Waals surface area contributed by atoms with Gasteiger partial charge in [-0.1, -0.05) is 18.2 Å². The Morgan fingerprint density at radius 1 is 1.19 bits per heavy atom. The van der Waals surface area contributed by atoms with Gasteiger partial charge in [-0.25, -0.2) is 4.39 Å². The number of hydrogen-bond acceptors (Lipinski definition) is 3. The first-order valence-electron chi connectivity index (χ1n) is 8.62. The van der Waals surface area contributed by atoms with Crippen LogP contribution in [0.1, 0.15) is 41.7 Å². The van der Waals surface area contributed by atoms with E-state index < -0.39 is 6.10 Å². The number of rotatable bonds is 5. The lowest BCUT2D eigenvalue weighted by molar-refractivity contribution is -0.124. The second-order valence-electron chi connectivity index (χ2n) is 6.32. The van der Waals surface area contributed by atoms with Crippen LogP contribution in [0, 0.1) is 5.82 Å². The van der Waals surface area contributed by atoms with Gasteiger partial charge in [-0.2, -0.15) is 0 Å². The highest BCUT2D eigenvalue weighted by Gasteiger charge is 2.23. The molecule has 0 bridgehead atoms. The molecule has 0 radical (unpaired) electrons. The number of benzene rings is 2.